The zero-order valence-corrected chi connectivity index (χ0v) is 16.1. The molecule has 7 nitrogen and oxygen atoms in total. The highest BCUT2D eigenvalue weighted by Gasteiger charge is 2.13. The summed E-state index contributed by atoms with van der Waals surface area (Å²) in [7, 11) is 0. The number of carbonyl (C=O) groups excluding carboxylic acids is 2. The summed E-state index contributed by atoms with van der Waals surface area (Å²) < 4.78 is 0. The molecule has 0 saturated carbocycles. The van der Waals surface area contributed by atoms with Gasteiger partial charge in [0.15, 0.2) is 0 Å². The Hall–Kier alpha value is -3.97. The van der Waals surface area contributed by atoms with Gasteiger partial charge in [0.2, 0.25) is 0 Å². The Morgan fingerprint density at radius 1 is 0.967 bits per heavy atom. The van der Waals surface area contributed by atoms with Crippen LogP contribution in [0.3, 0.4) is 0 Å². The quantitative estimate of drug-likeness (QED) is 0.399. The maximum atomic E-state index is 12.4. The summed E-state index contributed by atoms with van der Waals surface area (Å²) in [5.74, 6) is -0.427. The molecule has 4 aromatic rings. The van der Waals surface area contributed by atoms with Crippen molar-refractivity contribution in [3.63, 3.8) is 0 Å². The van der Waals surface area contributed by atoms with E-state index in [0.29, 0.717) is 16.9 Å². The molecule has 7 heteroatoms. The first kappa shape index (κ1) is 19.4. The third-order valence-electron chi connectivity index (χ3n) is 4.80. The molecule has 30 heavy (non-hydrogen) atoms. The van der Waals surface area contributed by atoms with Crippen LogP contribution in [0.25, 0.3) is 10.9 Å². The summed E-state index contributed by atoms with van der Waals surface area (Å²) in [5, 5.41) is 6.63. The van der Waals surface area contributed by atoms with Crippen LogP contribution in [0, 0.1) is 0 Å². The number of rotatable bonds is 6. The van der Waals surface area contributed by atoms with E-state index < -0.39 is 6.04 Å². The second-order valence-electron chi connectivity index (χ2n) is 6.90. The van der Waals surface area contributed by atoms with Gasteiger partial charge >= 0.3 is 0 Å². The molecule has 0 radical (unpaired) electrons. The van der Waals surface area contributed by atoms with E-state index in [1.807, 2.05) is 30.3 Å². The Morgan fingerprint density at radius 3 is 2.43 bits per heavy atom. The van der Waals surface area contributed by atoms with Crippen molar-refractivity contribution in [2.24, 2.45) is 5.73 Å². The maximum absolute atomic E-state index is 12.4. The third-order valence-corrected chi connectivity index (χ3v) is 4.80. The molecule has 2 heterocycles. The number of nitrogens with zero attached hydrogens (tertiary/aromatic N) is 1. The minimum Gasteiger partial charge on any atom is -0.351 e. The molecule has 5 N–H and O–H groups in total. The highest BCUT2D eigenvalue weighted by Crippen LogP contribution is 2.16. The fourth-order valence-corrected chi connectivity index (χ4v) is 3.13. The van der Waals surface area contributed by atoms with Crippen molar-refractivity contribution in [3.8, 4) is 0 Å². The lowest BCUT2D eigenvalue weighted by Crippen LogP contribution is -2.32. The predicted molar refractivity (Wildman–Crippen MR) is 116 cm³/mol. The lowest BCUT2D eigenvalue weighted by Gasteiger charge is -2.13. The van der Waals surface area contributed by atoms with Gasteiger partial charge in [-0.1, -0.05) is 30.3 Å². The van der Waals surface area contributed by atoms with Crippen molar-refractivity contribution < 1.29 is 9.59 Å². The molecular weight excluding hydrogens is 378 g/mol. The molecule has 2 aromatic heterocycles. The van der Waals surface area contributed by atoms with Crippen LogP contribution in [0.2, 0.25) is 0 Å². The molecule has 4 rings (SSSR count). The summed E-state index contributed by atoms with van der Waals surface area (Å²) in [6.07, 6.45) is 3.23. The van der Waals surface area contributed by atoms with Crippen molar-refractivity contribution >= 4 is 28.4 Å². The molecule has 0 bridgehead atoms. The van der Waals surface area contributed by atoms with Gasteiger partial charge < -0.3 is 21.4 Å². The van der Waals surface area contributed by atoms with E-state index in [-0.39, 0.29) is 18.4 Å². The zero-order valence-electron chi connectivity index (χ0n) is 16.1. The lowest BCUT2D eigenvalue weighted by atomic mass is 10.0. The van der Waals surface area contributed by atoms with Crippen LogP contribution in [-0.4, -0.2) is 28.3 Å². The Balaban J connectivity index is 1.34. The summed E-state index contributed by atoms with van der Waals surface area (Å²) in [6, 6.07) is 19.6. The summed E-state index contributed by atoms with van der Waals surface area (Å²) in [4.78, 5) is 31.7. The number of benzene rings is 2. The number of anilines is 1. The van der Waals surface area contributed by atoms with Crippen LogP contribution in [-0.2, 0) is 0 Å². The van der Waals surface area contributed by atoms with E-state index >= 15 is 0 Å². The van der Waals surface area contributed by atoms with Gasteiger partial charge in [-0.2, -0.15) is 0 Å². The lowest BCUT2D eigenvalue weighted by molar-refractivity contribution is 0.0946. The van der Waals surface area contributed by atoms with Gasteiger partial charge in [0.1, 0.15) is 5.69 Å². The second kappa shape index (κ2) is 8.59. The van der Waals surface area contributed by atoms with Crippen molar-refractivity contribution in [2.75, 3.05) is 11.9 Å². The summed E-state index contributed by atoms with van der Waals surface area (Å²) in [5.41, 5.74) is 9.64. The van der Waals surface area contributed by atoms with Crippen LogP contribution in [0.1, 0.15) is 32.5 Å². The molecular formula is C23H21N5O2. The smallest absolute Gasteiger partial charge is 0.267 e. The molecule has 0 aliphatic rings. The number of H-pyrrole nitrogens is 1. The molecule has 0 spiro atoms. The fourth-order valence-electron chi connectivity index (χ4n) is 3.13. The third kappa shape index (κ3) is 4.37. The van der Waals surface area contributed by atoms with Crippen molar-refractivity contribution in [1.82, 2.24) is 15.3 Å². The Morgan fingerprint density at radius 2 is 1.70 bits per heavy atom. The molecule has 0 fully saturated rings. The average Bonchev–Trinajstić information content (AvgIpc) is 3.22. The Kier molecular flexibility index (Phi) is 5.54. The Labute approximate surface area is 173 Å². The number of hydrogen-bond donors (Lipinski definition) is 4. The van der Waals surface area contributed by atoms with Crippen LogP contribution < -0.4 is 16.4 Å². The van der Waals surface area contributed by atoms with Gasteiger partial charge in [0, 0.05) is 47.1 Å². The molecule has 1 unspecified atom stereocenters. The first-order chi connectivity index (χ1) is 14.6. The molecule has 0 aliphatic heterocycles. The number of hydrogen-bond acceptors (Lipinski definition) is 4. The second-order valence-corrected chi connectivity index (χ2v) is 6.90. The average molecular weight is 399 g/mol. The number of fused-ring (bicyclic) bond motifs is 1. The van der Waals surface area contributed by atoms with Crippen LogP contribution in [0.5, 0.6) is 0 Å². The number of carbonyl (C=O) groups is 2. The van der Waals surface area contributed by atoms with Gasteiger partial charge in [-0.25, -0.2) is 0 Å². The van der Waals surface area contributed by atoms with Crippen molar-refractivity contribution in [3.05, 3.63) is 95.9 Å². The van der Waals surface area contributed by atoms with Crippen molar-refractivity contribution in [1.29, 1.82) is 0 Å². The van der Waals surface area contributed by atoms with E-state index in [1.54, 1.807) is 48.8 Å². The van der Waals surface area contributed by atoms with E-state index in [9.17, 15) is 9.59 Å². The number of aromatic amines is 1. The number of nitrogens with one attached hydrogen (secondary N) is 3. The fraction of sp³-hybridized carbons (Fsp3) is 0.0870. The normalized spacial score (nSPS) is 11.8. The van der Waals surface area contributed by atoms with Gasteiger partial charge in [0.25, 0.3) is 11.8 Å². The standard InChI is InChI=1S/C23H21N5O2/c24-19(14-26-23(30)21-13-17-3-1-2-4-20(17)28-21)15-5-7-16(8-6-15)22(29)27-18-9-11-25-12-10-18/h1-13,19,28H,14,24H2,(H,26,30)(H,25,27,29). The van der Waals surface area contributed by atoms with E-state index in [2.05, 4.69) is 20.6 Å². The monoisotopic (exact) mass is 399 g/mol. The van der Waals surface area contributed by atoms with Gasteiger partial charge in [-0.05, 0) is 42.0 Å². The largest absolute Gasteiger partial charge is 0.351 e. The van der Waals surface area contributed by atoms with E-state index in [0.717, 1.165) is 16.5 Å². The summed E-state index contributed by atoms with van der Waals surface area (Å²) in [6.45, 7) is 0.275. The first-order valence-electron chi connectivity index (χ1n) is 9.53. The molecule has 0 saturated heterocycles. The molecule has 0 aliphatic carbocycles. The molecule has 150 valence electrons. The van der Waals surface area contributed by atoms with Crippen LogP contribution in [0.4, 0.5) is 5.69 Å². The van der Waals surface area contributed by atoms with Gasteiger partial charge in [-0.3, -0.25) is 14.6 Å². The summed E-state index contributed by atoms with van der Waals surface area (Å²) >= 11 is 0. The van der Waals surface area contributed by atoms with Crippen LogP contribution in [0.15, 0.2) is 79.1 Å². The minimum absolute atomic E-state index is 0.213. The first-order valence-corrected chi connectivity index (χ1v) is 9.53. The van der Waals surface area contributed by atoms with Gasteiger partial charge in [0.05, 0.1) is 0 Å². The molecule has 2 aromatic carbocycles. The minimum atomic E-state index is -0.393. The number of aromatic nitrogens is 2. The molecule has 2 amide bonds. The van der Waals surface area contributed by atoms with E-state index in [1.165, 1.54) is 0 Å². The number of nitrogens with two attached hydrogens (primary N) is 1. The topological polar surface area (TPSA) is 113 Å². The SMILES string of the molecule is NC(CNC(=O)c1cc2ccccc2[nH]1)c1ccc(C(=O)Nc2ccncc2)cc1. The number of pyridine rings is 1. The number of para-hydroxylation sites is 1. The maximum Gasteiger partial charge on any atom is 0.267 e. The highest BCUT2D eigenvalue weighted by atomic mass is 16.2. The Bertz CT molecular complexity index is 1140. The zero-order chi connectivity index (χ0) is 20.9. The highest BCUT2D eigenvalue weighted by molar-refractivity contribution is 6.04. The number of amides is 2. The predicted octanol–water partition coefficient (Wildman–Crippen LogP) is 3.25. The van der Waals surface area contributed by atoms with Crippen LogP contribution >= 0.6 is 0 Å². The van der Waals surface area contributed by atoms with E-state index in [4.69, 9.17) is 5.73 Å². The van der Waals surface area contributed by atoms with Crippen molar-refractivity contribution in [2.45, 2.75) is 6.04 Å². The van der Waals surface area contributed by atoms with Gasteiger partial charge in [-0.15, -0.1) is 0 Å². The molecule has 1 atom stereocenters.